The predicted molar refractivity (Wildman–Crippen MR) is 54.1 cm³/mol. The Morgan fingerprint density at radius 1 is 1.50 bits per heavy atom. The molecule has 5 heteroatoms. The molecule has 0 aliphatic carbocycles. The molecule has 0 aromatic heterocycles. The first kappa shape index (κ1) is 11.3. The van der Waals surface area contributed by atoms with Gasteiger partial charge in [-0.1, -0.05) is 0 Å². The number of phenolic OH excluding ortho intramolecular Hbond substituents is 1. The fourth-order valence-corrected chi connectivity index (χ4v) is 1.05. The van der Waals surface area contributed by atoms with Crippen molar-refractivity contribution in [2.75, 3.05) is 0 Å². The van der Waals surface area contributed by atoms with Gasteiger partial charge in [-0.2, -0.15) is 0 Å². The number of nitrogens with one attached hydrogen (secondary N) is 1. The van der Waals surface area contributed by atoms with Gasteiger partial charge < -0.3 is 10.8 Å². The Morgan fingerprint density at radius 2 is 2.08 bits per heavy atom. The molecule has 0 amide bonds. The number of nitrogens with two attached hydrogens (primary N) is 1. The van der Waals surface area contributed by atoms with E-state index in [4.69, 9.17) is 16.2 Å². The number of phenols is 1. The number of hydrogen-bond donors (Lipinski definition) is 3. The lowest BCUT2D eigenvalue weighted by atomic mass is 10.2. The van der Waals surface area contributed by atoms with Crippen LogP contribution in [0.5, 0.6) is 5.75 Å². The van der Waals surface area contributed by atoms with Crippen molar-refractivity contribution < 1.29 is 5.11 Å². The van der Waals surface area contributed by atoms with Gasteiger partial charge >= 0.3 is 0 Å². The van der Waals surface area contributed by atoms with Crippen LogP contribution in [0.1, 0.15) is 5.56 Å². The van der Waals surface area contributed by atoms with Gasteiger partial charge in [0.1, 0.15) is 11.6 Å². The highest BCUT2D eigenvalue weighted by atomic mass is 79.9. The maximum Gasteiger partial charge on any atom is 0.129 e. The minimum atomic E-state index is -0.00861. The second kappa shape index (κ2) is 4.33. The van der Waals surface area contributed by atoms with Crippen LogP contribution in [0.2, 0.25) is 0 Å². The van der Waals surface area contributed by atoms with Gasteiger partial charge in [0, 0.05) is 5.56 Å². The lowest BCUT2D eigenvalue weighted by molar-refractivity contribution is 0.472. The zero-order valence-electron chi connectivity index (χ0n) is 6.04. The maximum absolute atomic E-state index is 9.07. The molecule has 0 fully saturated rings. The van der Waals surface area contributed by atoms with Gasteiger partial charge in [-0.15, -0.1) is 12.4 Å². The molecular formula is C7H8BrClN2O. The van der Waals surface area contributed by atoms with Crippen molar-refractivity contribution >= 4 is 34.2 Å². The quantitative estimate of drug-likeness (QED) is 0.527. The predicted octanol–water partition coefficient (Wildman–Crippen LogP) is 1.86. The molecule has 0 saturated heterocycles. The minimum Gasteiger partial charge on any atom is -0.507 e. The summed E-state index contributed by atoms with van der Waals surface area (Å²) in [6, 6.07) is 4.67. The first-order valence-corrected chi connectivity index (χ1v) is 3.73. The van der Waals surface area contributed by atoms with Gasteiger partial charge in [0.15, 0.2) is 0 Å². The van der Waals surface area contributed by atoms with Crippen LogP contribution in [0.25, 0.3) is 0 Å². The summed E-state index contributed by atoms with van der Waals surface area (Å²) >= 11 is 3.11. The summed E-state index contributed by atoms with van der Waals surface area (Å²) in [6.45, 7) is 0. The van der Waals surface area contributed by atoms with Gasteiger partial charge in [0.05, 0.1) is 4.47 Å². The number of nitrogen functional groups attached to an aromatic ring is 1. The highest BCUT2D eigenvalue weighted by Crippen LogP contribution is 2.23. The summed E-state index contributed by atoms with van der Waals surface area (Å²) in [7, 11) is 0. The smallest absolute Gasteiger partial charge is 0.129 e. The largest absolute Gasteiger partial charge is 0.507 e. The summed E-state index contributed by atoms with van der Waals surface area (Å²) in [4.78, 5) is 0. The van der Waals surface area contributed by atoms with E-state index in [1.54, 1.807) is 12.1 Å². The van der Waals surface area contributed by atoms with Crippen molar-refractivity contribution in [1.29, 1.82) is 5.41 Å². The average molecular weight is 252 g/mol. The van der Waals surface area contributed by atoms with Gasteiger partial charge in [-0.05, 0) is 34.1 Å². The number of rotatable bonds is 1. The standard InChI is InChI=1S/C7H7BrN2O.ClH/c8-5-3-4(7(9)10)1-2-6(5)11;/h1-3,11H,(H3,9,10);1H. The van der Waals surface area contributed by atoms with E-state index < -0.39 is 0 Å². The molecule has 12 heavy (non-hydrogen) atoms. The van der Waals surface area contributed by atoms with Crippen LogP contribution >= 0.6 is 28.3 Å². The molecule has 4 N–H and O–H groups in total. The first-order chi connectivity index (χ1) is 5.11. The van der Waals surface area contributed by atoms with E-state index in [-0.39, 0.29) is 24.0 Å². The maximum atomic E-state index is 9.07. The van der Waals surface area contributed by atoms with Crippen LogP contribution in [0.4, 0.5) is 0 Å². The Balaban J connectivity index is 0.00000121. The van der Waals surface area contributed by atoms with E-state index in [2.05, 4.69) is 15.9 Å². The van der Waals surface area contributed by atoms with Crippen molar-refractivity contribution in [3.05, 3.63) is 28.2 Å². The molecule has 0 aliphatic rings. The minimum absolute atomic E-state index is 0. The van der Waals surface area contributed by atoms with E-state index in [9.17, 15) is 0 Å². The highest BCUT2D eigenvalue weighted by Gasteiger charge is 2.00. The number of hydrogen-bond acceptors (Lipinski definition) is 2. The molecule has 66 valence electrons. The molecule has 0 unspecified atom stereocenters. The van der Waals surface area contributed by atoms with Gasteiger partial charge in [-0.3, -0.25) is 5.41 Å². The molecule has 0 heterocycles. The summed E-state index contributed by atoms with van der Waals surface area (Å²) in [5.74, 6) is 0.140. The molecule has 0 bridgehead atoms. The number of amidine groups is 1. The molecule has 3 nitrogen and oxygen atoms in total. The Morgan fingerprint density at radius 3 is 2.50 bits per heavy atom. The van der Waals surface area contributed by atoms with Crippen molar-refractivity contribution in [2.24, 2.45) is 5.73 Å². The molecule has 0 saturated carbocycles. The van der Waals surface area contributed by atoms with E-state index in [0.717, 1.165) is 0 Å². The summed E-state index contributed by atoms with van der Waals surface area (Å²) in [5, 5.41) is 16.1. The van der Waals surface area contributed by atoms with Crippen LogP contribution in [0, 0.1) is 5.41 Å². The Labute approximate surface area is 84.6 Å². The lowest BCUT2D eigenvalue weighted by Gasteiger charge is -1.99. The van der Waals surface area contributed by atoms with Crippen LogP contribution in [0.3, 0.4) is 0 Å². The van der Waals surface area contributed by atoms with Crippen molar-refractivity contribution in [2.45, 2.75) is 0 Å². The summed E-state index contributed by atoms with van der Waals surface area (Å²) < 4.78 is 0.546. The van der Waals surface area contributed by atoms with E-state index >= 15 is 0 Å². The molecule has 0 atom stereocenters. The highest BCUT2D eigenvalue weighted by molar-refractivity contribution is 9.10. The van der Waals surface area contributed by atoms with E-state index in [1.165, 1.54) is 6.07 Å². The molecular weight excluding hydrogens is 243 g/mol. The number of halogens is 2. The molecule has 0 radical (unpaired) electrons. The van der Waals surface area contributed by atoms with Gasteiger partial charge in [-0.25, -0.2) is 0 Å². The Kier molecular flexibility index (Phi) is 4.06. The Bertz CT molecular complexity index is 303. The fraction of sp³-hybridized carbons (Fsp3) is 0. The molecule has 1 aromatic rings. The Hall–Kier alpha value is -0.740. The van der Waals surface area contributed by atoms with E-state index in [0.29, 0.717) is 10.0 Å². The number of benzene rings is 1. The molecule has 1 rings (SSSR count). The third-order valence-corrected chi connectivity index (χ3v) is 1.89. The zero-order valence-corrected chi connectivity index (χ0v) is 8.45. The fourth-order valence-electron chi connectivity index (χ4n) is 0.674. The number of aromatic hydroxyl groups is 1. The molecule has 0 spiro atoms. The lowest BCUT2D eigenvalue weighted by Crippen LogP contribution is -2.10. The van der Waals surface area contributed by atoms with Crippen LogP contribution in [-0.4, -0.2) is 10.9 Å². The van der Waals surface area contributed by atoms with Crippen LogP contribution in [-0.2, 0) is 0 Å². The van der Waals surface area contributed by atoms with Crippen molar-refractivity contribution in [3.63, 3.8) is 0 Å². The second-order valence-corrected chi connectivity index (χ2v) is 2.93. The second-order valence-electron chi connectivity index (χ2n) is 2.08. The average Bonchev–Trinajstić information content (AvgIpc) is 1.94. The van der Waals surface area contributed by atoms with Crippen LogP contribution < -0.4 is 5.73 Å². The monoisotopic (exact) mass is 250 g/mol. The van der Waals surface area contributed by atoms with E-state index in [1.807, 2.05) is 0 Å². The van der Waals surface area contributed by atoms with Gasteiger partial charge in [0.25, 0.3) is 0 Å². The SMILES string of the molecule is Cl.N=C(N)c1ccc(O)c(Br)c1. The molecule has 0 aliphatic heterocycles. The van der Waals surface area contributed by atoms with Gasteiger partial charge in [0.2, 0.25) is 0 Å². The topological polar surface area (TPSA) is 70.1 Å². The third kappa shape index (κ3) is 2.39. The normalized spacial score (nSPS) is 8.75. The summed E-state index contributed by atoms with van der Waals surface area (Å²) in [5.41, 5.74) is 5.81. The third-order valence-electron chi connectivity index (χ3n) is 1.26. The van der Waals surface area contributed by atoms with Crippen LogP contribution in [0.15, 0.2) is 22.7 Å². The summed E-state index contributed by atoms with van der Waals surface area (Å²) in [6.07, 6.45) is 0. The first-order valence-electron chi connectivity index (χ1n) is 2.94. The van der Waals surface area contributed by atoms with Crippen molar-refractivity contribution in [1.82, 2.24) is 0 Å². The van der Waals surface area contributed by atoms with Crippen molar-refractivity contribution in [3.8, 4) is 5.75 Å². The zero-order chi connectivity index (χ0) is 8.43. The molecule has 1 aromatic carbocycles.